The molecule has 1 aliphatic rings. The van der Waals surface area contributed by atoms with Crippen LogP contribution >= 0.6 is 11.6 Å². The number of benzene rings is 1. The van der Waals surface area contributed by atoms with Crippen LogP contribution in [0, 0.1) is 0 Å². The van der Waals surface area contributed by atoms with Crippen LogP contribution in [0.5, 0.6) is 0 Å². The second-order valence-electron chi connectivity index (χ2n) is 4.32. The van der Waals surface area contributed by atoms with Crippen molar-refractivity contribution in [2.75, 3.05) is 42.9 Å². The third-order valence-electron chi connectivity index (χ3n) is 3.34. The number of nitrogens with one attached hydrogen (secondary N) is 1. The summed E-state index contributed by atoms with van der Waals surface area (Å²) in [5, 5.41) is 3.41. The molecule has 5 heteroatoms. The lowest BCUT2D eigenvalue weighted by atomic mass is 10.2. The Bertz CT molecular complexity index is 417. The monoisotopic (exact) mass is 267 g/mol. The Morgan fingerprint density at radius 2 is 2.06 bits per heavy atom. The number of hydrogen-bond acceptors (Lipinski definition) is 3. The predicted octanol–water partition coefficient (Wildman–Crippen LogP) is 2.05. The van der Waals surface area contributed by atoms with Crippen molar-refractivity contribution in [3.05, 3.63) is 23.2 Å². The minimum Gasteiger partial charge on any atom is -0.366 e. The topological polar surface area (TPSA) is 35.6 Å². The van der Waals surface area contributed by atoms with E-state index in [1.54, 1.807) is 0 Å². The summed E-state index contributed by atoms with van der Waals surface area (Å²) in [6.07, 6.45) is 0.692. The summed E-state index contributed by atoms with van der Waals surface area (Å²) in [5.74, 6) is 0. The van der Waals surface area contributed by atoms with Crippen LogP contribution in [0.2, 0.25) is 5.02 Å². The first kappa shape index (κ1) is 13.2. The summed E-state index contributed by atoms with van der Waals surface area (Å²) >= 11 is 6.26. The molecule has 0 saturated carbocycles. The number of carbonyl (C=O) groups excluding carboxylic acids is 1. The van der Waals surface area contributed by atoms with Crippen LogP contribution < -0.4 is 10.2 Å². The van der Waals surface area contributed by atoms with E-state index in [-0.39, 0.29) is 0 Å². The van der Waals surface area contributed by atoms with Gasteiger partial charge in [-0.25, -0.2) is 0 Å². The molecule has 2 rings (SSSR count). The molecule has 1 N–H and O–H groups in total. The van der Waals surface area contributed by atoms with Crippen molar-refractivity contribution < 1.29 is 4.79 Å². The second-order valence-corrected chi connectivity index (χ2v) is 4.73. The Labute approximate surface area is 113 Å². The third kappa shape index (κ3) is 2.76. The minimum absolute atomic E-state index is 0.687. The number of carbonyl (C=O) groups is 1. The Morgan fingerprint density at radius 1 is 1.33 bits per heavy atom. The van der Waals surface area contributed by atoms with Gasteiger partial charge in [0.15, 0.2) is 0 Å². The van der Waals surface area contributed by atoms with Crippen molar-refractivity contribution in [1.29, 1.82) is 0 Å². The van der Waals surface area contributed by atoms with Gasteiger partial charge in [0.05, 0.1) is 16.4 Å². The fraction of sp³-hybridized carbons (Fsp3) is 0.462. The van der Waals surface area contributed by atoms with E-state index in [2.05, 4.69) is 22.0 Å². The number of hydrogen-bond donors (Lipinski definition) is 1. The zero-order chi connectivity index (χ0) is 13.0. The summed E-state index contributed by atoms with van der Waals surface area (Å²) < 4.78 is 0. The van der Waals surface area contributed by atoms with E-state index in [0.717, 1.165) is 44.1 Å². The first-order chi connectivity index (χ1) is 8.76. The first-order valence-corrected chi connectivity index (χ1v) is 6.60. The quantitative estimate of drug-likeness (QED) is 0.848. The smallest absolute Gasteiger partial charge is 0.211 e. The van der Waals surface area contributed by atoms with Crippen LogP contribution in [0.3, 0.4) is 0 Å². The molecule has 0 aromatic heterocycles. The fourth-order valence-corrected chi connectivity index (χ4v) is 2.60. The summed E-state index contributed by atoms with van der Waals surface area (Å²) in [6, 6.07) is 5.58. The van der Waals surface area contributed by atoms with Gasteiger partial charge in [-0.15, -0.1) is 0 Å². The highest BCUT2D eigenvalue weighted by molar-refractivity contribution is 6.34. The van der Waals surface area contributed by atoms with Crippen LogP contribution in [0.1, 0.15) is 6.92 Å². The molecule has 0 atom stereocenters. The van der Waals surface area contributed by atoms with Crippen molar-refractivity contribution in [1.82, 2.24) is 4.90 Å². The number of amides is 1. The van der Waals surface area contributed by atoms with Crippen molar-refractivity contribution in [2.45, 2.75) is 6.92 Å². The summed E-state index contributed by atoms with van der Waals surface area (Å²) in [6.45, 7) is 7.18. The van der Waals surface area contributed by atoms with Gasteiger partial charge in [-0.1, -0.05) is 24.6 Å². The molecule has 98 valence electrons. The lowest BCUT2D eigenvalue weighted by molar-refractivity contribution is -0.105. The van der Waals surface area contributed by atoms with E-state index in [0.29, 0.717) is 11.4 Å². The maximum Gasteiger partial charge on any atom is 0.211 e. The van der Waals surface area contributed by atoms with Gasteiger partial charge in [0.1, 0.15) is 0 Å². The number of piperazine rings is 1. The zero-order valence-electron chi connectivity index (χ0n) is 10.5. The molecule has 0 bridgehead atoms. The molecule has 0 spiro atoms. The molecule has 1 heterocycles. The molecule has 1 aromatic carbocycles. The van der Waals surface area contributed by atoms with Crippen molar-refractivity contribution >= 4 is 29.4 Å². The lowest BCUT2D eigenvalue weighted by Crippen LogP contribution is -2.46. The van der Waals surface area contributed by atoms with E-state index < -0.39 is 0 Å². The Morgan fingerprint density at radius 3 is 2.67 bits per heavy atom. The fourth-order valence-electron chi connectivity index (χ4n) is 2.30. The Balaban J connectivity index is 2.19. The van der Waals surface area contributed by atoms with Gasteiger partial charge in [0.2, 0.25) is 6.41 Å². The molecule has 1 amide bonds. The average molecular weight is 268 g/mol. The van der Waals surface area contributed by atoms with Gasteiger partial charge in [-0.3, -0.25) is 4.79 Å². The highest BCUT2D eigenvalue weighted by Crippen LogP contribution is 2.34. The number of halogens is 1. The number of para-hydroxylation sites is 1. The number of rotatable bonds is 4. The van der Waals surface area contributed by atoms with Gasteiger partial charge < -0.3 is 15.1 Å². The van der Waals surface area contributed by atoms with Gasteiger partial charge in [0.25, 0.3) is 0 Å². The maximum absolute atomic E-state index is 10.6. The lowest BCUT2D eigenvalue weighted by Gasteiger charge is -2.36. The van der Waals surface area contributed by atoms with Gasteiger partial charge in [0, 0.05) is 26.2 Å². The van der Waals surface area contributed by atoms with Crippen LogP contribution in [-0.4, -0.2) is 44.0 Å². The zero-order valence-corrected chi connectivity index (χ0v) is 11.3. The molecule has 0 unspecified atom stereocenters. The first-order valence-electron chi connectivity index (χ1n) is 6.22. The van der Waals surface area contributed by atoms with E-state index in [9.17, 15) is 4.79 Å². The Hall–Kier alpha value is -1.26. The second kappa shape index (κ2) is 6.07. The molecule has 1 fully saturated rings. The summed E-state index contributed by atoms with van der Waals surface area (Å²) in [7, 11) is 0. The number of nitrogens with zero attached hydrogens (tertiary/aromatic N) is 2. The standard InChI is InChI=1S/C13H18ClN3O/c1-2-16-6-8-17(9-7-16)13-11(14)4-3-5-12(13)15-10-18/h3-5,10H,2,6-9H2,1H3,(H,15,18). The molecular formula is C13H18ClN3O. The molecular weight excluding hydrogens is 250 g/mol. The summed E-state index contributed by atoms with van der Waals surface area (Å²) in [5.41, 5.74) is 1.71. The molecule has 18 heavy (non-hydrogen) atoms. The minimum atomic E-state index is 0.687. The summed E-state index contributed by atoms with van der Waals surface area (Å²) in [4.78, 5) is 15.3. The number of anilines is 2. The van der Waals surface area contributed by atoms with Crippen LogP contribution in [-0.2, 0) is 4.79 Å². The largest absolute Gasteiger partial charge is 0.366 e. The molecule has 4 nitrogen and oxygen atoms in total. The third-order valence-corrected chi connectivity index (χ3v) is 3.64. The SMILES string of the molecule is CCN1CCN(c2c(Cl)cccc2NC=O)CC1. The average Bonchev–Trinajstić information content (AvgIpc) is 2.40. The highest BCUT2D eigenvalue weighted by atomic mass is 35.5. The normalized spacial score (nSPS) is 16.7. The van der Waals surface area contributed by atoms with Crippen LogP contribution in [0.4, 0.5) is 11.4 Å². The molecule has 1 aromatic rings. The highest BCUT2D eigenvalue weighted by Gasteiger charge is 2.20. The van der Waals surface area contributed by atoms with E-state index in [1.807, 2.05) is 18.2 Å². The van der Waals surface area contributed by atoms with Crippen LogP contribution in [0.15, 0.2) is 18.2 Å². The molecule has 1 aliphatic heterocycles. The van der Waals surface area contributed by atoms with Crippen molar-refractivity contribution in [3.63, 3.8) is 0 Å². The van der Waals surface area contributed by atoms with Gasteiger partial charge in [-0.05, 0) is 18.7 Å². The molecule has 0 aliphatic carbocycles. The van der Waals surface area contributed by atoms with Crippen LogP contribution in [0.25, 0.3) is 0 Å². The molecule has 1 saturated heterocycles. The van der Waals surface area contributed by atoms with Crippen molar-refractivity contribution in [3.8, 4) is 0 Å². The van der Waals surface area contributed by atoms with Crippen molar-refractivity contribution in [2.24, 2.45) is 0 Å². The van der Waals surface area contributed by atoms with E-state index in [4.69, 9.17) is 11.6 Å². The maximum atomic E-state index is 10.6. The van der Waals surface area contributed by atoms with Gasteiger partial charge in [-0.2, -0.15) is 0 Å². The van der Waals surface area contributed by atoms with E-state index in [1.165, 1.54) is 0 Å². The number of likely N-dealkylation sites (N-methyl/N-ethyl adjacent to an activating group) is 1. The van der Waals surface area contributed by atoms with Gasteiger partial charge >= 0.3 is 0 Å². The van der Waals surface area contributed by atoms with E-state index >= 15 is 0 Å². The molecule has 0 radical (unpaired) electrons. The predicted molar refractivity (Wildman–Crippen MR) is 75.5 cm³/mol. The Kier molecular flexibility index (Phi) is 4.44.